The van der Waals surface area contributed by atoms with E-state index in [2.05, 4.69) is 50.7 Å². The summed E-state index contributed by atoms with van der Waals surface area (Å²) in [6.07, 6.45) is 7.77. The van der Waals surface area contributed by atoms with Crippen LogP contribution in [0, 0.1) is 11.5 Å². The number of nitrogens with zero attached hydrogens (tertiary/aromatic N) is 1. The molecule has 19 heavy (non-hydrogen) atoms. The number of aromatic amines is 1. The zero-order chi connectivity index (χ0) is 13.8. The van der Waals surface area contributed by atoms with Gasteiger partial charge in [-0.1, -0.05) is 33.1 Å². The van der Waals surface area contributed by atoms with Gasteiger partial charge in [-0.15, -0.1) is 6.92 Å². The van der Waals surface area contributed by atoms with E-state index in [4.69, 9.17) is 5.73 Å². The van der Waals surface area contributed by atoms with Crippen molar-refractivity contribution in [2.75, 3.05) is 6.54 Å². The summed E-state index contributed by atoms with van der Waals surface area (Å²) in [7, 11) is 0. The first kappa shape index (κ1) is 18.3. The number of nitrogens with one attached hydrogen (secondary N) is 1. The molecule has 0 amide bonds. The Morgan fingerprint density at radius 3 is 2.21 bits per heavy atom. The van der Waals surface area contributed by atoms with Gasteiger partial charge < -0.3 is 10.7 Å². The normalized spacial score (nSPS) is 16.4. The molecule has 1 heterocycles. The molecule has 3 nitrogen and oxygen atoms in total. The largest absolute Gasteiger partial charge is 0.348 e. The van der Waals surface area contributed by atoms with Crippen LogP contribution in [0.3, 0.4) is 0 Å². The van der Waals surface area contributed by atoms with E-state index in [1.807, 2.05) is 0 Å². The number of hydrogen-bond donors (Lipinski definition) is 2. The summed E-state index contributed by atoms with van der Waals surface area (Å²) in [4.78, 5) is 6.78. The van der Waals surface area contributed by atoms with E-state index < -0.39 is 0 Å². The SMILES string of the molecule is CC1=[C-]C(C)(C)C(C)=C1C.NCCc1cnc[nH]1.[Ir]. The van der Waals surface area contributed by atoms with Crippen molar-refractivity contribution < 1.29 is 20.1 Å². The molecule has 1 aromatic heterocycles. The van der Waals surface area contributed by atoms with Crippen LogP contribution < -0.4 is 5.73 Å². The Labute approximate surface area is 130 Å². The van der Waals surface area contributed by atoms with Crippen molar-refractivity contribution in [2.24, 2.45) is 11.1 Å². The summed E-state index contributed by atoms with van der Waals surface area (Å²) in [6.45, 7) is 11.6. The zero-order valence-corrected chi connectivity index (χ0v) is 14.8. The smallest absolute Gasteiger partial charge is 0.0921 e. The minimum Gasteiger partial charge on any atom is -0.348 e. The molecule has 0 saturated heterocycles. The van der Waals surface area contributed by atoms with Crippen molar-refractivity contribution >= 4 is 0 Å². The summed E-state index contributed by atoms with van der Waals surface area (Å²) in [6, 6.07) is 0. The van der Waals surface area contributed by atoms with E-state index in [0.29, 0.717) is 6.54 Å². The number of aromatic nitrogens is 2. The standard InChI is InChI=1S/C10H15.C5H9N3.Ir/c1-7-6-10(4,5)9(3)8(7)2;6-2-1-5-3-7-4-8-5;/h1-5H3;3-4H,1-2,6H2,(H,7,8);/q-1;;. The number of imidazole rings is 1. The van der Waals surface area contributed by atoms with E-state index in [0.717, 1.165) is 12.1 Å². The van der Waals surface area contributed by atoms with E-state index >= 15 is 0 Å². The fourth-order valence-corrected chi connectivity index (χ4v) is 1.98. The first-order chi connectivity index (χ1) is 8.38. The van der Waals surface area contributed by atoms with Gasteiger partial charge in [-0.25, -0.2) is 10.6 Å². The molecule has 1 aromatic rings. The molecular weight excluding hydrogens is 414 g/mol. The minimum absolute atomic E-state index is 0. The van der Waals surface area contributed by atoms with Gasteiger partial charge >= 0.3 is 0 Å². The molecule has 3 N–H and O–H groups in total. The van der Waals surface area contributed by atoms with Gasteiger partial charge in [0.1, 0.15) is 0 Å². The predicted molar refractivity (Wildman–Crippen MR) is 75.9 cm³/mol. The van der Waals surface area contributed by atoms with Crippen LogP contribution in [0.1, 0.15) is 40.3 Å². The van der Waals surface area contributed by atoms with Crippen LogP contribution >= 0.6 is 0 Å². The zero-order valence-electron chi connectivity index (χ0n) is 12.4. The van der Waals surface area contributed by atoms with Crippen LogP contribution in [0.5, 0.6) is 0 Å². The third kappa shape index (κ3) is 5.06. The van der Waals surface area contributed by atoms with Crippen molar-refractivity contribution in [1.29, 1.82) is 0 Å². The molecule has 109 valence electrons. The summed E-state index contributed by atoms with van der Waals surface area (Å²) >= 11 is 0. The molecule has 4 heteroatoms. The van der Waals surface area contributed by atoms with Gasteiger partial charge in [0.25, 0.3) is 0 Å². The molecule has 1 aliphatic rings. The maximum Gasteiger partial charge on any atom is 0.0921 e. The molecule has 0 unspecified atom stereocenters. The third-order valence-corrected chi connectivity index (χ3v) is 3.53. The molecule has 0 bridgehead atoms. The molecule has 1 radical (unpaired) electrons. The Morgan fingerprint density at radius 1 is 1.32 bits per heavy atom. The fraction of sp³-hybridized carbons (Fsp3) is 0.533. The Hall–Kier alpha value is -0.701. The van der Waals surface area contributed by atoms with Crippen LogP contribution in [-0.2, 0) is 26.5 Å². The van der Waals surface area contributed by atoms with Gasteiger partial charge in [-0.3, -0.25) is 6.08 Å². The Morgan fingerprint density at radius 2 is 1.95 bits per heavy atom. The van der Waals surface area contributed by atoms with Crippen LogP contribution in [0.2, 0.25) is 0 Å². The molecular formula is C15H24IrN3-. The van der Waals surface area contributed by atoms with E-state index in [9.17, 15) is 0 Å². The average Bonchev–Trinajstić information content (AvgIpc) is 2.85. The number of rotatable bonds is 2. The van der Waals surface area contributed by atoms with E-state index in [1.54, 1.807) is 12.5 Å². The Kier molecular flexibility index (Phi) is 7.50. The average molecular weight is 439 g/mol. The number of allylic oxidation sites excluding steroid dienone is 4. The van der Waals surface area contributed by atoms with Crippen LogP contribution in [0.15, 0.2) is 29.2 Å². The van der Waals surface area contributed by atoms with Crippen molar-refractivity contribution in [1.82, 2.24) is 9.97 Å². The van der Waals surface area contributed by atoms with Gasteiger partial charge in [0.2, 0.25) is 0 Å². The van der Waals surface area contributed by atoms with Gasteiger partial charge in [0.05, 0.1) is 6.33 Å². The maximum atomic E-state index is 5.27. The summed E-state index contributed by atoms with van der Waals surface area (Å²) in [5.74, 6) is 0. The van der Waals surface area contributed by atoms with Gasteiger partial charge in [0, 0.05) is 38.4 Å². The first-order valence-corrected chi connectivity index (χ1v) is 6.36. The third-order valence-electron chi connectivity index (χ3n) is 3.53. The predicted octanol–water partition coefficient (Wildman–Crippen LogP) is 3.02. The summed E-state index contributed by atoms with van der Waals surface area (Å²) in [5, 5.41) is 0. The van der Waals surface area contributed by atoms with Crippen molar-refractivity contribution in [2.45, 2.75) is 41.0 Å². The van der Waals surface area contributed by atoms with Crippen molar-refractivity contribution in [3.8, 4) is 0 Å². The second-order valence-corrected chi connectivity index (χ2v) is 5.24. The van der Waals surface area contributed by atoms with Gasteiger partial charge in [-0.05, 0) is 6.54 Å². The molecule has 1 aliphatic carbocycles. The molecule has 0 atom stereocenters. The molecule has 0 fully saturated rings. The first-order valence-electron chi connectivity index (χ1n) is 6.36. The molecule has 0 aliphatic heterocycles. The molecule has 0 aromatic carbocycles. The second-order valence-electron chi connectivity index (χ2n) is 5.24. The summed E-state index contributed by atoms with van der Waals surface area (Å²) in [5.41, 5.74) is 10.8. The van der Waals surface area contributed by atoms with E-state index in [-0.39, 0.29) is 25.5 Å². The topological polar surface area (TPSA) is 54.7 Å². The fourth-order valence-electron chi connectivity index (χ4n) is 1.98. The van der Waals surface area contributed by atoms with Crippen LogP contribution in [-0.4, -0.2) is 16.5 Å². The van der Waals surface area contributed by atoms with Crippen LogP contribution in [0.4, 0.5) is 0 Å². The second kappa shape index (κ2) is 7.78. The Bertz CT molecular complexity index is 442. The van der Waals surface area contributed by atoms with Crippen LogP contribution in [0.25, 0.3) is 0 Å². The monoisotopic (exact) mass is 439 g/mol. The molecule has 2 rings (SSSR count). The van der Waals surface area contributed by atoms with Gasteiger partial charge in [0.15, 0.2) is 0 Å². The number of hydrogen-bond acceptors (Lipinski definition) is 2. The number of H-pyrrole nitrogens is 1. The Balaban J connectivity index is 0.000000331. The quantitative estimate of drug-likeness (QED) is 0.698. The number of nitrogens with two attached hydrogens (primary N) is 1. The molecule has 0 saturated carbocycles. The molecule has 0 spiro atoms. The van der Waals surface area contributed by atoms with Gasteiger partial charge in [-0.2, -0.15) is 11.1 Å². The van der Waals surface area contributed by atoms with Crippen molar-refractivity contribution in [3.63, 3.8) is 0 Å². The minimum atomic E-state index is 0. The van der Waals surface area contributed by atoms with Crippen molar-refractivity contribution in [3.05, 3.63) is 41.0 Å². The maximum absolute atomic E-state index is 5.27. The summed E-state index contributed by atoms with van der Waals surface area (Å²) < 4.78 is 0. The van der Waals surface area contributed by atoms with E-state index in [1.165, 1.54) is 16.7 Å².